The Morgan fingerprint density at radius 2 is 1.94 bits per heavy atom. The van der Waals surface area contributed by atoms with E-state index in [1.54, 1.807) is 21.6 Å². The highest BCUT2D eigenvalue weighted by molar-refractivity contribution is 8.76. The summed E-state index contributed by atoms with van der Waals surface area (Å²) in [5.74, 6) is 0.414. The minimum absolute atomic E-state index is 0.143. The van der Waals surface area contributed by atoms with E-state index in [2.05, 4.69) is 0 Å². The molecule has 0 spiro atoms. The van der Waals surface area contributed by atoms with Crippen molar-refractivity contribution in [2.45, 2.75) is 19.4 Å². The van der Waals surface area contributed by atoms with Gasteiger partial charge in [0.2, 0.25) is 5.91 Å². The number of nitrogens with two attached hydrogens (primary N) is 1. The Hall–Kier alpha value is -0.400. The van der Waals surface area contributed by atoms with Gasteiger partial charge < -0.3 is 15.7 Å². The van der Waals surface area contributed by atoms with Crippen LogP contribution in [0.1, 0.15) is 13.3 Å². The average Bonchev–Trinajstić information content (AvgIpc) is 2.26. The number of rotatable bonds is 8. The second-order valence-electron chi connectivity index (χ2n) is 3.20. The lowest BCUT2D eigenvalue weighted by Crippen LogP contribution is -2.40. The van der Waals surface area contributed by atoms with Gasteiger partial charge in [-0.15, -0.1) is 0 Å². The van der Waals surface area contributed by atoms with Crippen molar-refractivity contribution in [1.82, 2.24) is 4.90 Å². The van der Waals surface area contributed by atoms with Crippen LogP contribution in [-0.2, 0) is 9.59 Å². The minimum atomic E-state index is -0.985. The number of nitrogens with zero attached hydrogens (tertiary/aromatic N) is 1. The standard InChI is InChI=1S/C9H18N2O3S2/c1-7(9(13)14)11(2)8(12)3-5-15-16-6-4-10/h7H,3-6,10H2,1-2H3,(H,13,14)/t7-/m0/s1. The quantitative estimate of drug-likeness (QED) is 0.496. The zero-order valence-electron chi connectivity index (χ0n) is 9.51. The lowest BCUT2D eigenvalue weighted by atomic mass is 10.3. The predicted molar refractivity (Wildman–Crippen MR) is 68.5 cm³/mol. The van der Waals surface area contributed by atoms with E-state index in [1.807, 2.05) is 0 Å². The molecule has 0 fully saturated rings. The van der Waals surface area contributed by atoms with Gasteiger partial charge in [-0.2, -0.15) is 0 Å². The molecule has 3 N–H and O–H groups in total. The van der Waals surface area contributed by atoms with E-state index in [0.29, 0.717) is 18.7 Å². The molecule has 16 heavy (non-hydrogen) atoms. The fourth-order valence-electron chi connectivity index (χ4n) is 0.853. The topological polar surface area (TPSA) is 83.6 Å². The number of aliphatic carboxylic acids is 1. The summed E-state index contributed by atoms with van der Waals surface area (Å²) in [4.78, 5) is 23.4. The Labute approximate surface area is 104 Å². The van der Waals surface area contributed by atoms with Crippen molar-refractivity contribution in [3.8, 4) is 0 Å². The summed E-state index contributed by atoms with van der Waals surface area (Å²) >= 11 is 0. The van der Waals surface area contributed by atoms with Crippen LogP contribution in [0.25, 0.3) is 0 Å². The van der Waals surface area contributed by atoms with Crippen LogP contribution in [0.4, 0.5) is 0 Å². The highest BCUT2D eigenvalue weighted by Gasteiger charge is 2.20. The smallest absolute Gasteiger partial charge is 0.326 e. The molecular formula is C9H18N2O3S2. The minimum Gasteiger partial charge on any atom is -0.480 e. The number of carboxylic acids is 1. The van der Waals surface area contributed by atoms with Crippen molar-refractivity contribution in [1.29, 1.82) is 0 Å². The number of hydrogen-bond acceptors (Lipinski definition) is 5. The molecule has 1 atom stereocenters. The number of carboxylic acid groups (broad SMARTS) is 1. The first-order valence-electron chi connectivity index (χ1n) is 4.93. The third kappa shape index (κ3) is 6.24. The molecule has 0 heterocycles. The van der Waals surface area contributed by atoms with Crippen molar-refractivity contribution < 1.29 is 14.7 Å². The molecule has 0 aliphatic rings. The zero-order chi connectivity index (χ0) is 12.6. The maximum atomic E-state index is 11.5. The molecule has 5 nitrogen and oxygen atoms in total. The lowest BCUT2D eigenvalue weighted by Gasteiger charge is -2.21. The Balaban J connectivity index is 3.75. The molecule has 0 rings (SSSR count). The monoisotopic (exact) mass is 266 g/mol. The van der Waals surface area contributed by atoms with Crippen molar-refractivity contribution in [3.05, 3.63) is 0 Å². The van der Waals surface area contributed by atoms with E-state index in [-0.39, 0.29) is 5.91 Å². The van der Waals surface area contributed by atoms with E-state index in [1.165, 1.54) is 18.9 Å². The van der Waals surface area contributed by atoms with Gasteiger partial charge in [0.05, 0.1) is 0 Å². The summed E-state index contributed by atoms with van der Waals surface area (Å²) < 4.78 is 0. The summed E-state index contributed by atoms with van der Waals surface area (Å²) in [5, 5.41) is 8.73. The third-order valence-electron chi connectivity index (χ3n) is 2.02. The normalized spacial score (nSPS) is 12.2. The first kappa shape index (κ1) is 15.6. The molecule has 0 aromatic carbocycles. The van der Waals surface area contributed by atoms with Gasteiger partial charge in [-0.3, -0.25) is 4.79 Å². The van der Waals surface area contributed by atoms with Gasteiger partial charge in [-0.05, 0) is 6.92 Å². The van der Waals surface area contributed by atoms with Crippen LogP contribution < -0.4 is 5.73 Å². The van der Waals surface area contributed by atoms with Crippen LogP contribution in [0, 0.1) is 0 Å². The van der Waals surface area contributed by atoms with E-state index in [0.717, 1.165) is 5.75 Å². The molecule has 0 saturated heterocycles. The number of carbonyl (C=O) groups excluding carboxylic acids is 1. The van der Waals surface area contributed by atoms with Gasteiger partial charge in [0.1, 0.15) is 6.04 Å². The average molecular weight is 266 g/mol. The lowest BCUT2D eigenvalue weighted by molar-refractivity contribution is -0.148. The molecule has 0 bridgehead atoms. The largest absolute Gasteiger partial charge is 0.480 e. The van der Waals surface area contributed by atoms with E-state index in [4.69, 9.17) is 10.8 Å². The fraction of sp³-hybridized carbons (Fsp3) is 0.778. The van der Waals surface area contributed by atoms with Crippen LogP contribution >= 0.6 is 21.6 Å². The van der Waals surface area contributed by atoms with Crippen molar-refractivity contribution in [3.63, 3.8) is 0 Å². The highest BCUT2D eigenvalue weighted by Crippen LogP contribution is 2.21. The van der Waals surface area contributed by atoms with E-state index >= 15 is 0 Å². The number of carbonyl (C=O) groups is 2. The van der Waals surface area contributed by atoms with Crippen molar-refractivity contribution in [2.24, 2.45) is 5.73 Å². The maximum Gasteiger partial charge on any atom is 0.326 e. The number of hydrogen-bond donors (Lipinski definition) is 2. The molecule has 0 unspecified atom stereocenters. The molecule has 0 aliphatic heterocycles. The summed E-state index contributed by atoms with van der Waals surface area (Å²) in [6.07, 6.45) is 0.357. The second-order valence-corrected chi connectivity index (χ2v) is 5.90. The molecule has 0 radical (unpaired) electrons. The van der Waals surface area contributed by atoms with Crippen LogP contribution in [0.2, 0.25) is 0 Å². The van der Waals surface area contributed by atoms with Crippen LogP contribution in [0.15, 0.2) is 0 Å². The fourth-order valence-corrected chi connectivity index (χ4v) is 2.69. The Morgan fingerprint density at radius 1 is 1.38 bits per heavy atom. The Morgan fingerprint density at radius 3 is 2.44 bits per heavy atom. The molecule has 0 aliphatic carbocycles. The number of amides is 1. The van der Waals surface area contributed by atoms with Gasteiger partial charge >= 0.3 is 5.97 Å². The number of likely N-dealkylation sites (N-methyl/N-ethyl adjacent to an activating group) is 1. The third-order valence-corrected chi connectivity index (χ3v) is 4.46. The molecule has 0 aromatic rings. The molecular weight excluding hydrogens is 248 g/mol. The summed E-state index contributed by atoms with van der Waals surface area (Å²) in [7, 11) is 4.72. The molecule has 94 valence electrons. The maximum absolute atomic E-state index is 11.5. The molecule has 1 amide bonds. The molecule has 0 saturated carbocycles. The van der Waals surface area contributed by atoms with Gasteiger partial charge in [0.15, 0.2) is 0 Å². The summed E-state index contributed by atoms with van der Waals surface area (Å²) in [5.41, 5.74) is 5.32. The molecule has 0 aromatic heterocycles. The summed E-state index contributed by atoms with van der Waals surface area (Å²) in [6.45, 7) is 2.12. The van der Waals surface area contributed by atoms with E-state index < -0.39 is 12.0 Å². The van der Waals surface area contributed by atoms with Crippen LogP contribution in [0.5, 0.6) is 0 Å². The first-order valence-corrected chi connectivity index (χ1v) is 7.42. The first-order chi connectivity index (χ1) is 7.50. The van der Waals surface area contributed by atoms with Gasteiger partial charge in [0.25, 0.3) is 0 Å². The predicted octanol–water partition coefficient (Wildman–Crippen LogP) is 0.648. The van der Waals surface area contributed by atoms with Crippen molar-refractivity contribution in [2.75, 3.05) is 25.1 Å². The SMILES string of the molecule is C[C@@H](C(=O)O)N(C)C(=O)CCSSCCN. The van der Waals surface area contributed by atoms with Gasteiger partial charge in [-0.25, -0.2) is 4.79 Å². The highest BCUT2D eigenvalue weighted by atomic mass is 33.1. The summed E-state index contributed by atoms with van der Waals surface area (Å²) in [6, 6.07) is -0.769. The van der Waals surface area contributed by atoms with Gasteiger partial charge in [-0.1, -0.05) is 21.6 Å². The van der Waals surface area contributed by atoms with Crippen molar-refractivity contribution >= 4 is 33.5 Å². The Kier molecular flexibility index (Phi) is 8.50. The van der Waals surface area contributed by atoms with Crippen LogP contribution in [-0.4, -0.2) is 53.0 Å². The van der Waals surface area contributed by atoms with Gasteiger partial charge in [0, 0.05) is 31.5 Å². The zero-order valence-corrected chi connectivity index (χ0v) is 11.1. The van der Waals surface area contributed by atoms with Crippen LogP contribution in [0.3, 0.4) is 0 Å². The van der Waals surface area contributed by atoms with E-state index in [9.17, 15) is 9.59 Å². The second kappa shape index (κ2) is 8.72. The molecule has 7 heteroatoms. The Bertz CT molecular complexity index is 239.